The molecule has 0 aliphatic heterocycles. The van der Waals surface area contributed by atoms with Gasteiger partial charge >= 0.3 is 0 Å². The molecule has 3 N–H and O–H groups in total. The second kappa shape index (κ2) is 10.1. The first-order valence-corrected chi connectivity index (χ1v) is 11.5. The van der Waals surface area contributed by atoms with Crippen molar-refractivity contribution in [3.05, 3.63) is 69.8 Å². The van der Waals surface area contributed by atoms with Gasteiger partial charge in [0.2, 0.25) is 0 Å². The number of ether oxygens (including phenoxy) is 2. The van der Waals surface area contributed by atoms with Crippen molar-refractivity contribution in [2.75, 3.05) is 11.9 Å². The molecule has 0 radical (unpaired) electrons. The van der Waals surface area contributed by atoms with Gasteiger partial charge in [0, 0.05) is 16.1 Å². The molecule has 170 valence electrons. The molecule has 0 fully saturated rings. The molecule has 0 atom stereocenters. The molecule has 1 heterocycles. The third kappa shape index (κ3) is 6.57. The summed E-state index contributed by atoms with van der Waals surface area (Å²) in [5.41, 5.74) is 0.866. The summed E-state index contributed by atoms with van der Waals surface area (Å²) in [6, 6.07) is 13.6. The monoisotopic (exact) mass is 506 g/mol. The van der Waals surface area contributed by atoms with E-state index in [2.05, 4.69) is 10.3 Å². The predicted molar refractivity (Wildman–Crippen MR) is 122 cm³/mol. The van der Waals surface area contributed by atoms with Crippen LogP contribution < -0.4 is 19.9 Å². The molecule has 0 bridgehead atoms. The lowest BCUT2D eigenvalue weighted by Crippen LogP contribution is -2.21. The molecular weight excluding hydrogens is 491 g/mol. The number of hydrogen-bond donors (Lipinski definition) is 2. The second-order valence-corrected chi connectivity index (χ2v) is 9.03. The van der Waals surface area contributed by atoms with Gasteiger partial charge in [-0.15, -0.1) is 0 Å². The molecule has 1 aromatic heterocycles. The van der Waals surface area contributed by atoms with Crippen LogP contribution >= 0.6 is 23.2 Å². The van der Waals surface area contributed by atoms with Gasteiger partial charge in [0.15, 0.2) is 23.1 Å². The number of halogens is 2. The predicted octanol–water partition coefficient (Wildman–Crippen LogP) is 4.03. The highest BCUT2D eigenvalue weighted by Gasteiger charge is 2.15. The Labute approximate surface area is 199 Å². The number of pyridine rings is 1. The summed E-state index contributed by atoms with van der Waals surface area (Å²) in [6.07, 6.45) is 0. The maximum atomic E-state index is 12.4. The minimum atomic E-state index is -3.96. The number of rotatable bonds is 7. The zero-order valence-corrected chi connectivity index (χ0v) is 19.3. The molecule has 0 spiro atoms. The molecule has 0 saturated carbocycles. The van der Waals surface area contributed by atoms with E-state index in [0.717, 1.165) is 0 Å². The number of nitrogens with zero attached hydrogens (tertiary/aromatic N) is 2. The van der Waals surface area contributed by atoms with Crippen molar-refractivity contribution >= 4 is 44.8 Å². The van der Waals surface area contributed by atoms with Crippen LogP contribution in [0.2, 0.25) is 10.0 Å². The Bertz CT molecular complexity index is 1370. The van der Waals surface area contributed by atoms with Crippen molar-refractivity contribution in [1.82, 2.24) is 4.98 Å². The summed E-state index contributed by atoms with van der Waals surface area (Å²) >= 11 is 12.1. The standard InChI is InChI=1S/C21H16Cl2N4O5S/c1-12-17(3-5-21(26-12)33(25,29)30)27-20(28)11-31-18-4-2-14(22)9-19(18)32-16-7-13(10-24)6-15(23)8-16/h2-9H,11H2,1H3,(H,27,28)(H2,25,29,30). The van der Waals surface area contributed by atoms with Crippen molar-refractivity contribution in [2.24, 2.45) is 5.14 Å². The number of nitrogens with two attached hydrogens (primary N) is 1. The molecule has 12 heteroatoms. The Morgan fingerprint density at radius 2 is 1.88 bits per heavy atom. The Morgan fingerprint density at radius 1 is 1.12 bits per heavy atom. The molecule has 1 amide bonds. The van der Waals surface area contributed by atoms with E-state index in [4.69, 9.17) is 43.1 Å². The van der Waals surface area contributed by atoms with Crippen LogP contribution in [0.15, 0.2) is 53.6 Å². The lowest BCUT2D eigenvalue weighted by Gasteiger charge is -2.14. The first kappa shape index (κ1) is 24.3. The topological polar surface area (TPSA) is 144 Å². The van der Waals surface area contributed by atoms with Gasteiger partial charge in [-0.25, -0.2) is 18.5 Å². The van der Waals surface area contributed by atoms with E-state index in [1.807, 2.05) is 6.07 Å². The summed E-state index contributed by atoms with van der Waals surface area (Å²) in [7, 11) is -3.96. The number of nitrogens with one attached hydrogen (secondary N) is 1. The Morgan fingerprint density at radius 3 is 2.55 bits per heavy atom. The van der Waals surface area contributed by atoms with E-state index in [-0.39, 0.29) is 28.0 Å². The van der Waals surface area contributed by atoms with Crippen molar-refractivity contribution in [2.45, 2.75) is 11.9 Å². The van der Waals surface area contributed by atoms with Crippen LogP contribution in [-0.2, 0) is 14.8 Å². The highest BCUT2D eigenvalue weighted by Crippen LogP contribution is 2.35. The van der Waals surface area contributed by atoms with Gasteiger partial charge in [0.25, 0.3) is 15.9 Å². The van der Waals surface area contributed by atoms with E-state index >= 15 is 0 Å². The Kier molecular flexibility index (Phi) is 7.40. The molecule has 33 heavy (non-hydrogen) atoms. The smallest absolute Gasteiger partial charge is 0.262 e. The van der Waals surface area contributed by atoms with Crippen LogP contribution in [0.5, 0.6) is 17.2 Å². The fourth-order valence-electron chi connectivity index (χ4n) is 2.65. The van der Waals surface area contributed by atoms with E-state index in [1.165, 1.54) is 49.4 Å². The summed E-state index contributed by atoms with van der Waals surface area (Å²) in [5, 5.41) is 17.1. The number of nitriles is 1. The van der Waals surface area contributed by atoms with Gasteiger partial charge in [-0.2, -0.15) is 5.26 Å². The summed E-state index contributed by atoms with van der Waals surface area (Å²) in [4.78, 5) is 16.2. The van der Waals surface area contributed by atoms with Gasteiger partial charge < -0.3 is 14.8 Å². The van der Waals surface area contributed by atoms with Crippen LogP contribution in [0.4, 0.5) is 5.69 Å². The minimum absolute atomic E-state index is 0.205. The van der Waals surface area contributed by atoms with Gasteiger partial charge in [-0.05, 0) is 49.4 Å². The fraction of sp³-hybridized carbons (Fsp3) is 0.0952. The fourth-order valence-corrected chi connectivity index (χ4v) is 3.56. The second-order valence-electron chi connectivity index (χ2n) is 6.64. The Balaban J connectivity index is 1.72. The highest BCUT2D eigenvalue weighted by molar-refractivity contribution is 7.89. The van der Waals surface area contributed by atoms with Gasteiger partial charge in [-0.1, -0.05) is 23.2 Å². The molecule has 0 unspecified atom stereocenters. The van der Waals surface area contributed by atoms with Crippen LogP contribution in [0.1, 0.15) is 11.3 Å². The molecule has 3 aromatic rings. The molecule has 0 saturated heterocycles. The van der Waals surface area contributed by atoms with E-state index in [1.54, 1.807) is 6.07 Å². The number of amides is 1. The molecule has 3 rings (SSSR count). The quantitative estimate of drug-likeness (QED) is 0.491. The molecule has 9 nitrogen and oxygen atoms in total. The maximum absolute atomic E-state index is 12.4. The van der Waals surface area contributed by atoms with E-state index in [0.29, 0.717) is 21.3 Å². The van der Waals surface area contributed by atoms with Crippen molar-refractivity contribution in [1.29, 1.82) is 5.26 Å². The minimum Gasteiger partial charge on any atom is -0.480 e. The summed E-state index contributed by atoms with van der Waals surface area (Å²) in [6.45, 7) is 1.13. The molecule has 2 aromatic carbocycles. The van der Waals surface area contributed by atoms with Crippen LogP contribution in [0.25, 0.3) is 0 Å². The SMILES string of the molecule is Cc1nc(S(N)(=O)=O)ccc1NC(=O)COc1ccc(Cl)cc1Oc1cc(Cl)cc(C#N)c1. The normalized spacial score (nSPS) is 10.9. The molecule has 0 aliphatic rings. The number of hydrogen-bond acceptors (Lipinski definition) is 7. The van der Waals surface area contributed by atoms with E-state index in [9.17, 15) is 13.2 Å². The molecular formula is C21H16Cl2N4O5S. The summed E-state index contributed by atoms with van der Waals surface area (Å²) in [5.74, 6) is 0.176. The van der Waals surface area contributed by atoms with Crippen LogP contribution in [-0.4, -0.2) is 25.9 Å². The largest absolute Gasteiger partial charge is 0.480 e. The first-order valence-electron chi connectivity index (χ1n) is 9.16. The number of carbonyl (C=O) groups excluding carboxylic acids is 1. The number of sulfonamides is 1. The number of carbonyl (C=O) groups is 1. The van der Waals surface area contributed by atoms with Gasteiger partial charge in [0.05, 0.1) is 23.0 Å². The summed E-state index contributed by atoms with van der Waals surface area (Å²) < 4.78 is 34.1. The average molecular weight is 507 g/mol. The third-order valence-electron chi connectivity index (χ3n) is 4.12. The van der Waals surface area contributed by atoms with Crippen LogP contribution in [0, 0.1) is 18.3 Å². The van der Waals surface area contributed by atoms with Gasteiger partial charge in [-0.3, -0.25) is 4.79 Å². The zero-order chi connectivity index (χ0) is 24.2. The van der Waals surface area contributed by atoms with Crippen molar-refractivity contribution in [3.63, 3.8) is 0 Å². The van der Waals surface area contributed by atoms with Gasteiger partial charge in [0.1, 0.15) is 5.75 Å². The van der Waals surface area contributed by atoms with Crippen LogP contribution in [0.3, 0.4) is 0 Å². The van der Waals surface area contributed by atoms with E-state index < -0.39 is 22.5 Å². The average Bonchev–Trinajstić information content (AvgIpc) is 2.73. The number of aromatic nitrogens is 1. The number of primary sulfonamides is 1. The molecule has 0 aliphatic carbocycles. The first-order chi connectivity index (χ1) is 15.5. The highest BCUT2D eigenvalue weighted by atomic mass is 35.5. The number of aryl methyl sites for hydroxylation is 1. The lowest BCUT2D eigenvalue weighted by atomic mass is 10.2. The number of benzene rings is 2. The van der Waals surface area contributed by atoms with Crippen molar-refractivity contribution < 1.29 is 22.7 Å². The maximum Gasteiger partial charge on any atom is 0.262 e. The lowest BCUT2D eigenvalue weighted by molar-refractivity contribution is -0.118. The third-order valence-corrected chi connectivity index (χ3v) is 5.38. The van der Waals surface area contributed by atoms with Crippen molar-refractivity contribution in [3.8, 4) is 23.3 Å². The Hall–Kier alpha value is -3.36. The zero-order valence-electron chi connectivity index (χ0n) is 17.0. The number of anilines is 1.